The summed E-state index contributed by atoms with van der Waals surface area (Å²) < 4.78 is 28.0. The van der Waals surface area contributed by atoms with E-state index in [1.807, 2.05) is 6.92 Å². The van der Waals surface area contributed by atoms with Crippen LogP contribution in [-0.4, -0.2) is 35.1 Å². The highest BCUT2D eigenvalue weighted by molar-refractivity contribution is 5.91. The molecule has 0 saturated heterocycles. The molecule has 1 aliphatic rings. The highest BCUT2D eigenvalue weighted by Gasteiger charge is 2.32. The Morgan fingerprint density at radius 3 is 2.72 bits per heavy atom. The first-order valence-electron chi connectivity index (χ1n) is 10.5. The Morgan fingerprint density at radius 1 is 1.41 bits per heavy atom. The van der Waals surface area contributed by atoms with E-state index in [0.717, 1.165) is 18.9 Å². The molecule has 2 atom stereocenters. The Labute approximate surface area is 183 Å². The summed E-state index contributed by atoms with van der Waals surface area (Å²) in [5.74, 6) is 5.44. The molecule has 1 aromatic carbocycles. The second-order valence-corrected chi connectivity index (χ2v) is 8.34. The summed E-state index contributed by atoms with van der Waals surface area (Å²) in [4.78, 5) is 27.0. The number of ether oxygens (including phenoxy) is 1. The monoisotopic (exact) mass is 446 g/mol. The minimum Gasteiger partial charge on any atom is -0.492 e. The third kappa shape index (κ3) is 3.64. The van der Waals surface area contributed by atoms with Crippen LogP contribution in [0, 0.1) is 11.7 Å². The number of aliphatic hydroxyl groups is 1. The number of aromatic nitrogens is 2. The van der Waals surface area contributed by atoms with Gasteiger partial charge in [0.05, 0.1) is 18.8 Å². The van der Waals surface area contributed by atoms with E-state index in [4.69, 9.17) is 15.0 Å². The molecular formula is C22H27FN4O5. The van der Waals surface area contributed by atoms with Crippen LogP contribution in [0.2, 0.25) is 0 Å². The SMILES string of the molecule is COc1c(N(C)CCC(C)C(O)c2ccco2)c(F)cc2c(=O)n(N)c(=O)n(C3CC3)c12. The van der Waals surface area contributed by atoms with Crippen molar-refractivity contribution in [1.29, 1.82) is 0 Å². The molecule has 2 unspecified atom stereocenters. The Balaban J connectivity index is 1.73. The number of nitrogens with zero attached hydrogens (tertiary/aromatic N) is 3. The summed E-state index contributed by atoms with van der Waals surface area (Å²) >= 11 is 0. The lowest BCUT2D eigenvalue weighted by molar-refractivity contribution is 0.0909. The zero-order chi connectivity index (χ0) is 23.2. The molecule has 2 heterocycles. The predicted molar refractivity (Wildman–Crippen MR) is 118 cm³/mol. The summed E-state index contributed by atoms with van der Waals surface area (Å²) in [6.45, 7) is 2.27. The summed E-state index contributed by atoms with van der Waals surface area (Å²) in [6.07, 6.45) is 2.77. The van der Waals surface area contributed by atoms with Gasteiger partial charge in [0.25, 0.3) is 5.56 Å². The average molecular weight is 446 g/mol. The molecular weight excluding hydrogens is 419 g/mol. The van der Waals surface area contributed by atoms with E-state index in [1.165, 1.54) is 17.9 Å². The van der Waals surface area contributed by atoms with E-state index >= 15 is 4.39 Å². The molecule has 10 heteroatoms. The van der Waals surface area contributed by atoms with Crippen LogP contribution in [0.1, 0.15) is 44.1 Å². The van der Waals surface area contributed by atoms with Gasteiger partial charge in [-0.25, -0.2) is 9.18 Å². The van der Waals surface area contributed by atoms with Gasteiger partial charge in [0.15, 0.2) is 11.6 Å². The second-order valence-electron chi connectivity index (χ2n) is 8.34. The average Bonchev–Trinajstić information content (AvgIpc) is 3.46. The van der Waals surface area contributed by atoms with Crippen molar-refractivity contribution in [1.82, 2.24) is 9.24 Å². The van der Waals surface area contributed by atoms with Gasteiger partial charge in [-0.05, 0) is 43.4 Å². The van der Waals surface area contributed by atoms with Crippen LogP contribution in [0.25, 0.3) is 10.9 Å². The fraction of sp³-hybridized carbons (Fsp3) is 0.455. The van der Waals surface area contributed by atoms with Crippen LogP contribution in [0.3, 0.4) is 0 Å². The molecule has 0 amide bonds. The zero-order valence-corrected chi connectivity index (χ0v) is 18.2. The van der Waals surface area contributed by atoms with Crippen molar-refractivity contribution in [2.45, 2.75) is 38.3 Å². The normalized spacial score (nSPS) is 15.7. The molecule has 2 aromatic heterocycles. The number of halogens is 1. The number of anilines is 1. The van der Waals surface area contributed by atoms with Gasteiger partial charge < -0.3 is 25.0 Å². The minimum atomic E-state index is -0.787. The van der Waals surface area contributed by atoms with Crippen LogP contribution in [0.5, 0.6) is 5.75 Å². The molecule has 3 N–H and O–H groups in total. The second kappa shape index (κ2) is 8.34. The largest absolute Gasteiger partial charge is 0.492 e. The molecule has 0 spiro atoms. The molecule has 172 valence electrons. The molecule has 3 aromatic rings. The first-order chi connectivity index (χ1) is 15.3. The third-order valence-electron chi connectivity index (χ3n) is 6.08. The van der Waals surface area contributed by atoms with Gasteiger partial charge >= 0.3 is 5.69 Å². The van der Waals surface area contributed by atoms with Crippen molar-refractivity contribution in [3.05, 3.63) is 56.9 Å². The number of hydrogen-bond donors (Lipinski definition) is 2. The number of nitrogen functional groups attached to an aromatic ring is 1. The van der Waals surface area contributed by atoms with Crippen LogP contribution >= 0.6 is 0 Å². The van der Waals surface area contributed by atoms with Gasteiger partial charge in [-0.3, -0.25) is 9.36 Å². The maximum atomic E-state index is 15.2. The van der Waals surface area contributed by atoms with Gasteiger partial charge in [-0.15, -0.1) is 0 Å². The van der Waals surface area contributed by atoms with E-state index in [-0.39, 0.29) is 34.3 Å². The smallest absolute Gasteiger partial charge is 0.350 e. The summed E-state index contributed by atoms with van der Waals surface area (Å²) in [7, 11) is 3.08. The van der Waals surface area contributed by atoms with Gasteiger partial charge in [0, 0.05) is 19.6 Å². The quantitative estimate of drug-likeness (QED) is 0.509. The molecule has 32 heavy (non-hydrogen) atoms. The minimum absolute atomic E-state index is 0.00731. The van der Waals surface area contributed by atoms with Crippen molar-refractivity contribution >= 4 is 16.6 Å². The fourth-order valence-corrected chi connectivity index (χ4v) is 4.06. The number of furan rings is 1. The van der Waals surface area contributed by atoms with Crippen molar-refractivity contribution in [2.75, 3.05) is 31.4 Å². The number of benzene rings is 1. The van der Waals surface area contributed by atoms with E-state index in [0.29, 0.717) is 23.4 Å². The summed E-state index contributed by atoms with van der Waals surface area (Å²) in [5.41, 5.74) is -1.04. The molecule has 9 nitrogen and oxygen atoms in total. The first kappa shape index (κ1) is 21.9. The van der Waals surface area contributed by atoms with Crippen molar-refractivity contribution in [2.24, 2.45) is 5.92 Å². The van der Waals surface area contributed by atoms with Crippen LogP contribution in [0.4, 0.5) is 10.1 Å². The van der Waals surface area contributed by atoms with E-state index in [9.17, 15) is 14.7 Å². The standard InChI is InChI=1S/C22H27FN4O5/c1-12(19(28)16-5-4-10-32-16)8-9-25(2)18-15(23)11-14-17(20(18)31-3)26(13-6-7-13)22(30)27(24)21(14)29/h4-5,10-13,19,28H,6-9,24H2,1-3H3. The van der Waals surface area contributed by atoms with E-state index < -0.39 is 23.2 Å². The van der Waals surface area contributed by atoms with Gasteiger partial charge in [-0.1, -0.05) is 6.92 Å². The Hall–Kier alpha value is -3.27. The lowest BCUT2D eigenvalue weighted by Crippen LogP contribution is -2.44. The summed E-state index contributed by atoms with van der Waals surface area (Å²) in [5, 5.41) is 10.4. The third-order valence-corrected chi connectivity index (χ3v) is 6.08. The number of rotatable bonds is 8. The van der Waals surface area contributed by atoms with Crippen molar-refractivity contribution < 1.29 is 18.7 Å². The van der Waals surface area contributed by atoms with Gasteiger partial charge in [0.2, 0.25) is 0 Å². The maximum absolute atomic E-state index is 15.2. The van der Waals surface area contributed by atoms with E-state index in [1.54, 1.807) is 24.1 Å². The summed E-state index contributed by atoms with van der Waals surface area (Å²) in [6, 6.07) is 4.41. The molecule has 1 saturated carbocycles. The Morgan fingerprint density at radius 2 is 2.12 bits per heavy atom. The molecule has 0 aliphatic heterocycles. The molecule has 1 aliphatic carbocycles. The number of aliphatic hydroxyl groups excluding tert-OH is 1. The number of fused-ring (bicyclic) bond motifs is 1. The highest BCUT2D eigenvalue weighted by Crippen LogP contribution is 2.42. The molecule has 0 bridgehead atoms. The van der Waals surface area contributed by atoms with Crippen LogP contribution in [-0.2, 0) is 0 Å². The van der Waals surface area contributed by atoms with E-state index in [2.05, 4.69) is 0 Å². The predicted octanol–water partition coefficient (Wildman–Crippen LogP) is 2.15. The highest BCUT2D eigenvalue weighted by atomic mass is 19.1. The Bertz CT molecular complexity index is 1250. The number of hydrogen-bond acceptors (Lipinski definition) is 7. The number of methoxy groups -OCH3 is 1. The van der Waals surface area contributed by atoms with Crippen molar-refractivity contribution in [3.8, 4) is 5.75 Å². The number of nitrogens with two attached hydrogens (primary N) is 1. The fourth-order valence-electron chi connectivity index (χ4n) is 4.06. The molecule has 1 fully saturated rings. The topological polar surface area (TPSA) is 116 Å². The Kier molecular flexibility index (Phi) is 5.72. The van der Waals surface area contributed by atoms with Gasteiger partial charge in [0.1, 0.15) is 23.1 Å². The maximum Gasteiger partial charge on any atom is 0.350 e. The van der Waals surface area contributed by atoms with Crippen molar-refractivity contribution in [3.63, 3.8) is 0 Å². The van der Waals surface area contributed by atoms with Crippen LogP contribution in [0.15, 0.2) is 38.5 Å². The van der Waals surface area contributed by atoms with Gasteiger partial charge in [-0.2, -0.15) is 4.68 Å². The zero-order valence-electron chi connectivity index (χ0n) is 18.2. The lowest BCUT2D eigenvalue weighted by Gasteiger charge is -2.26. The van der Waals surface area contributed by atoms with Crippen LogP contribution < -0.4 is 26.7 Å². The molecule has 4 rings (SSSR count). The molecule has 0 radical (unpaired) electrons. The first-order valence-corrected chi connectivity index (χ1v) is 10.5. The lowest BCUT2D eigenvalue weighted by atomic mass is 9.98.